The Morgan fingerprint density at radius 3 is 2.43 bits per heavy atom. The van der Waals surface area contributed by atoms with Gasteiger partial charge in [-0.25, -0.2) is 8.42 Å². The maximum absolute atomic E-state index is 12.6. The number of hydrogen-bond donors (Lipinski definition) is 3. The van der Waals surface area contributed by atoms with E-state index in [0.717, 1.165) is 5.56 Å². The summed E-state index contributed by atoms with van der Waals surface area (Å²) in [5, 5.41) is 10.5. The quantitative estimate of drug-likeness (QED) is 0.403. The number of thiocarbonyl (C=S) groups is 1. The molecule has 7 nitrogen and oxygen atoms in total. The fourth-order valence-electron chi connectivity index (χ4n) is 2.16. The molecule has 9 heteroatoms. The normalized spacial score (nSPS) is 16.9. The van der Waals surface area contributed by atoms with E-state index in [9.17, 15) is 8.42 Å². The average Bonchev–Trinajstić information content (AvgIpc) is 2.60. The zero-order valence-corrected chi connectivity index (χ0v) is 14.8. The number of nitrogens with one attached hydrogen (secondary N) is 3. The van der Waals surface area contributed by atoms with Gasteiger partial charge in [-0.2, -0.15) is 9.41 Å². The van der Waals surface area contributed by atoms with Crippen LogP contribution in [0.1, 0.15) is 12.5 Å². The van der Waals surface area contributed by atoms with Gasteiger partial charge in [0.15, 0.2) is 5.11 Å². The van der Waals surface area contributed by atoms with Crippen LogP contribution in [0.2, 0.25) is 0 Å². The van der Waals surface area contributed by atoms with Crippen molar-refractivity contribution in [3.8, 4) is 0 Å². The van der Waals surface area contributed by atoms with E-state index in [1.54, 1.807) is 31.3 Å². The van der Waals surface area contributed by atoms with E-state index < -0.39 is 10.0 Å². The molecule has 1 aromatic rings. The topological polar surface area (TPSA) is 85.8 Å². The van der Waals surface area contributed by atoms with Crippen LogP contribution in [0.3, 0.4) is 0 Å². The Balaban J connectivity index is 2.14. The van der Waals surface area contributed by atoms with Gasteiger partial charge in [0.2, 0.25) is 10.0 Å². The van der Waals surface area contributed by atoms with Crippen LogP contribution >= 0.6 is 12.2 Å². The molecule has 1 heterocycles. The van der Waals surface area contributed by atoms with Crippen LogP contribution in [0.15, 0.2) is 34.3 Å². The SMILES string of the molecule is CNC(=S)N/N=C(/C)c1ccc(S(=O)(=O)N2CCNCC2)cc1. The van der Waals surface area contributed by atoms with Crippen molar-refractivity contribution in [1.82, 2.24) is 20.4 Å². The van der Waals surface area contributed by atoms with Gasteiger partial charge in [0.1, 0.15) is 0 Å². The first-order valence-electron chi connectivity index (χ1n) is 7.28. The predicted octanol–water partition coefficient (Wildman–Crippen LogP) is 0.0984. The summed E-state index contributed by atoms with van der Waals surface area (Å²) >= 11 is 4.95. The molecule has 0 aromatic heterocycles. The molecule has 0 spiro atoms. The van der Waals surface area contributed by atoms with Crippen molar-refractivity contribution in [2.24, 2.45) is 5.10 Å². The molecule has 0 saturated carbocycles. The number of benzene rings is 1. The lowest BCUT2D eigenvalue weighted by Gasteiger charge is -2.26. The summed E-state index contributed by atoms with van der Waals surface area (Å²) in [6.45, 7) is 4.18. The van der Waals surface area contributed by atoms with Crippen LogP contribution in [0.25, 0.3) is 0 Å². The van der Waals surface area contributed by atoms with Gasteiger partial charge < -0.3 is 10.6 Å². The highest BCUT2D eigenvalue weighted by Gasteiger charge is 2.25. The summed E-state index contributed by atoms with van der Waals surface area (Å²) in [6.07, 6.45) is 0. The van der Waals surface area contributed by atoms with Gasteiger partial charge in [0.05, 0.1) is 10.6 Å². The Labute approximate surface area is 142 Å². The van der Waals surface area contributed by atoms with Crippen LogP contribution in [-0.4, -0.2) is 56.8 Å². The molecule has 2 rings (SSSR count). The number of hydrazone groups is 1. The number of hydrogen-bond acceptors (Lipinski definition) is 5. The molecule has 1 aliphatic heterocycles. The minimum absolute atomic E-state index is 0.301. The fourth-order valence-corrected chi connectivity index (χ4v) is 3.64. The minimum Gasteiger partial charge on any atom is -0.364 e. The standard InChI is InChI=1S/C14H21N5O2S2/c1-11(17-18-14(22)15-2)12-3-5-13(6-4-12)23(20,21)19-9-7-16-8-10-19/h3-6,16H,7-10H2,1-2H3,(H2,15,18,22)/b17-11-. The summed E-state index contributed by atoms with van der Waals surface area (Å²) in [4.78, 5) is 0.301. The maximum Gasteiger partial charge on any atom is 0.243 e. The van der Waals surface area contributed by atoms with E-state index in [1.165, 1.54) is 4.31 Å². The van der Waals surface area contributed by atoms with E-state index in [1.807, 2.05) is 6.92 Å². The van der Waals surface area contributed by atoms with Crippen LogP contribution in [0, 0.1) is 0 Å². The molecule has 3 N–H and O–H groups in total. The molecule has 126 valence electrons. The van der Waals surface area contributed by atoms with Gasteiger partial charge in [0, 0.05) is 33.2 Å². The van der Waals surface area contributed by atoms with Crippen LogP contribution in [0.4, 0.5) is 0 Å². The first-order chi connectivity index (χ1) is 10.9. The van der Waals surface area contributed by atoms with Gasteiger partial charge in [-0.3, -0.25) is 5.43 Å². The Morgan fingerprint density at radius 2 is 1.87 bits per heavy atom. The number of nitrogens with zero attached hydrogens (tertiary/aromatic N) is 2. The smallest absolute Gasteiger partial charge is 0.243 e. The zero-order chi connectivity index (χ0) is 16.9. The van der Waals surface area contributed by atoms with Crippen molar-refractivity contribution in [3.05, 3.63) is 29.8 Å². The Bertz CT molecular complexity index is 680. The van der Waals surface area contributed by atoms with Crippen molar-refractivity contribution >= 4 is 33.1 Å². The molecule has 1 saturated heterocycles. The van der Waals surface area contributed by atoms with E-state index in [4.69, 9.17) is 12.2 Å². The average molecular weight is 355 g/mol. The highest BCUT2D eigenvalue weighted by atomic mass is 32.2. The Kier molecular flexibility index (Phi) is 6.05. The third-order valence-corrected chi connectivity index (χ3v) is 5.75. The second kappa shape index (κ2) is 7.82. The highest BCUT2D eigenvalue weighted by Crippen LogP contribution is 2.17. The van der Waals surface area contributed by atoms with Crippen molar-refractivity contribution in [2.45, 2.75) is 11.8 Å². The molecule has 23 heavy (non-hydrogen) atoms. The molecule has 1 fully saturated rings. The van der Waals surface area contributed by atoms with Crippen LogP contribution < -0.4 is 16.1 Å². The largest absolute Gasteiger partial charge is 0.364 e. The van der Waals surface area contributed by atoms with E-state index in [2.05, 4.69) is 21.2 Å². The van der Waals surface area contributed by atoms with E-state index >= 15 is 0 Å². The van der Waals surface area contributed by atoms with Gasteiger partial charge in [-0.05, 0) is 36.8 Å². The highest BCUT2D eigenvalue weighted by molar-refractivity contribution is 7.89. The minimum atomic E-state index is -3.43. The van der Waals surface area contributed by atoms with Crippen molar-refractivity contribution in [3.63, 3.8) is 0 Å². The molecule has 0 aliphatic carbocycles. The molecule has 0 radical (unpaired) electrons. The summed E-state index contributed by atoms with van der Waals surface area (Å²) in [7, 11) is -1.72. The lowest BCUT2D eigenvalue weighted by molar-refractivity contribution is 0.360. The molecule has 0 bridgehead atoms. The number of piperazine rings is 1. The van der Waals surface area contributed by atoms with Gasteiger partial charge in [-0.1, -0.05) is 12.1 Å². The predicted molar refractivity (Wildman–Crippen MR) is 95.1 cm³/mol. The molecule has 0 atom stereocenters. The zero-order valence-electron chi connectivity index (χ0n) is 13.2. The van der Waals surface area contributed by atoms with Crippen molar-refractivity contribution in [2.75, 3.05) is 33.2 Å². The van der Waals surface area contributed by atoms with Crippen LogP contribution in [0.5, 0.6) is 0 Å². The number of rotatable bonds is 4. The van der Waals surface area contributed by atoms with Gasteiger partial charge in [0.25, 0.3) is 0 Å². The number of sulfonamides is 1. The van der Waals surface area contributed by atoms with Crippen molar-refractivity contribution in [1.29, 1.82) is 0 Å². The first-order valence-corrected chi connectivity index (χ1v) is 9.13. The molecule has 1 aromatic carbocycles. The second-order valence-corrected chi connectivity index (χ2v) is 7.41. The summed E-state index contributed by atoms with van der Waals surface area (Å²) in [6, 6.07) is 6.72. The third kappa shape index (κ3) is 4.47. The molecular weight excluding hydrogens is 334 g/mol. The Morgan fingerprint density at radius 1 is 1.26 bits per heavy atom. The third-order valence-electron chi connectivity index (χ3n) is 3.54. The molecular formula is C14H21N5O2S2. The fraction of sp³-hybridized carbons (Fsp3) is 0.429. The first kappa shape index (κ1) is 17.8. The monoisotopic (exact) mass is 355 g/mol. The van der Waals surface area contributed by atoms with Crippen LogP contribution in [-0.2, 0) is 10.0 Å². The second-order valence-electron chi connectivity index (χ2n) is 5.07. The molecule has 0 amide bonds. The summed E-state index contributed by atoms with van der Waals surface area (Å²) in [5.41, 5.74) is 4.25. The Hall–Kier alpha value is -1.55. The van der Waals surface area contributed by atoms with Gasteiger partial charge >= 0.3 is 0 Å². The van der Waals surface area contributed by atoms with E-state index in [0.29, 0.717) is 41.9 Å². The van der Waals surface area contributed by atoms with E-state index in [-0.39, 0.29) is 0 Å². The summed E-state index contributed by atoms with van der Waals surface area (Å²) in [5.74, 6) is 0. The van der Waals surface area contributed by atoms with Gasteiger partial charge in [-0.15, -0.1) is 0 Å². The lowest BCUT2D eigenvalue weighted by Crippen LogP contribution is -2.46. The summed E-state index contributed by atoms with van der Waals surface area (Å²) < 4.78 is 26.6. The molecule has 1 aliphatic rings. The lowest BCUT2D eigenvalue weighted by atomic mass is 10.1. The maximum atomic E-state index is 12.6. The molecule has 0 unspecified atom stereocenters. The van der Waals surface area contributed by atoms with Crippen molar-refractivity contribution < 1.29 is 8.42 Å².